The van der Waals surface area contributed by atoms with E-state index >= 15 is 0 Å². The van der Waals surface area contributed by atoms with Crippen molar-refractivity contribution in [2.75, 3.05) is 5.73 Å². The third kappa shape index (κ3) is 1.74. The van der Waals surface area contributed by atoms with Crippen LogP contribution >= 0.6 is 0 Å². The molecule has 4 heteroatoms. The molecule has 0 spiro atoms. The fraction of sp³-hybridized carbons (Fsp3) is 0.0909. The quantitative estimate of drug-likeness (QED) is 0.731. The molecule has 0 aliphatic heterocycles. The molecule has 0 aliphatic rings. The van der Waals surface area contributed by atoms with Gasteiger partial charge in [0.2, 0.25) is 0 Å². The Labute approximate surface area is 86.8 Å². The van der Waals surface area contributed by atoms with E-state index in [4.69, 9.17) is 5.73 Å². The van der Waals surface area contributed by atoms with Crippen molar-refractivity contribution in [2.24, 2.45) is 0 Å². The summed E-state index contributed by atoms with van der Waals surface area (Å²) in [5.74, 6) is 0.548. The van der Waals surface area contributed by atoms with E-state index in [0.717, 1.165) is 5.56 Å². The molecule has 0 saturated heterocycles. The minimum atomic E-state index is -0.290. The van der Waals surface area contributed by atoms with Crippen LogP contribution < -0.4 is 11.3 Å². The Kier molecular flexibility index (Phi) is 2.25. The summed E-state index contributed by atoms with van der Waals surface area (Å²) in [6.07, 6.45) is 0. The van der Waals surface area contributed by atoms with Gasteiger partial charge >= 0.3 is 0 Å². The van der Waals surface area contributed by atoms with Crippen LogP contribution in [0.1, 0.15) is 5.69 Å². The Hall–Kier alpha value is -2.10. The Morgan fingerprint density at radius 3 is 2.53 bits per heavy atom. The largest absolute Gasteiger partial charge is 0.393 e. The first kappa shape index (κ1) is 9.45. The number of hydrogen-bond donors (Lipinski definition) is 2. The second-order valence-corrected chi connectivity index (χ2v) is 3.28. The van der Waals surface area contributed by atoms with E-state index in [2.05, 4.69) is 9.97 Å². The summed E-state index contributed by atoms with van der Waals surface area (Å²) in [7, 11) is 0. The van der Waals surface area contributed by atoms with Crippen LogP contribution in [0.4, 0.5) is 5.69 Å². The highest BCUT2D eigenvalue weighted by Gasteiger charge is 2.05. The Morgan fingerprint density at radius 1 is 1.27 bits per heavy atom. The van der Waals surface area contributed by atoms with E-state index in [-0.39, 0.29) is 11.2 Å². The molecule has 0 atom stereocenters. The molecule has 1 heterocycles. The number of rotatable bonds is 1. The number of nitrogen functional groups attached to an aromatic ring is 1. The zero-order valence-corrected chi connectivity index (χ0v) is 8.32. The minimum absolute atomic E-state index is 0.176. The Balaban J connectivity index is 2.61. The van der Waals surface area contributed by atoms with Crippen LogP contribution in [0.25, 0.3) is 11.4 Å². The zero-order valence-electron chi connectivity index (χ0n) is 8.32. The smallest absolute Gasteiger partial charge is 0.274 e. The number of aromatic nitrogens is 2. The molecule has 0 aliphatic carbocycles. The lowest BCUT2D eigenvalue weighted by molar-refractivity contribution is 1.08. The predicted octanol–water partition coefficient (Wildman–Crippen LogP) is 1.33. The summed E-state index contributed by atoms with van der Waals surface area (Å²) in [6, 6.07) is 9.45. The Morgan fingerprint density at radius 2 is 1.93 bits per heavy atom. The fourth-order valence-electron chi connectivity index (χ4n) is 1.33. The molecule has 3 N–H and O–H groups in total. The van der Waals surface area contributed by atoms with Gasteiger partial charge < -0.3 is 10.7 Å². The monoisotopic (exact) mass is 201 g/mol. The van der Waals surface area contributed by atoms with E-state index in [1.165, 1.54) is 0 Å². The van der Waals surface area contributed by atoms with Gasteiger partial charge in [0.25, 0.3) is 5.56 Å². The van der Waals surface area contributed by atoms with Crippen LogP contribution in [0.15, 0.2) is 35.1 Å². The molecule has 0 bridgehead atoms. The minimum Gasteiger partial charge on any atom is -0.393 e. The third-order valence-electron chi connectivity index (χ3n) is 2.19. The van der Waals surface area contributed by atoms with Crippen molar-refractivity contribution in [2.45, 2.75) is 6.92 Å². The Bertz CT molecular complexity index is 531. The SMILES string of the molecule is Cc1nc(-c2ccccc2)[nH]c(=O)c1N. The summed E-state index contributed by atoms with van der Waals surface area (Å²) in [6.45, 7) is 1.72. The first-order chi connectivity index (χ1) is 7.18. The average Bonchev–Trinajstić information content (AvgIpc) is 2.26. The number of aromatic amines is 1. The van der Waals surface area contributed by atoms with Gasteiger partial charge in [0.15, 0.2) is 0 Å². The third-order valence-corrected chi connectivity index (χ3v) is 2.19. The van der Waals surface area contributed by atoms with E-state index < -0.39 is 0 Å². The topological polar surface area (TPSA) is 71.8 Å². The van der Waals surface area contributed by atoms with Crippen LogP contribution in [0.5, 0.6) is 0 Å². The van der Waals surface area contributed by atoms with Gasteiger partial charge in [-0.15, -0.1) is 0 Å². The highest BCUT2D eigenvalue weighted by molar-refractivity contribution is 5.56. The molecule has 15 heavy (non-hydrogen) atoms. The van der Waals surface area contributed by atoms with Gasteiger partial charge in [0.1, 0.15) is 11.5 Å². The van der Waals surface area contributed by atoms with E-state index in [1.54, 1.807) is 6.92 Å². The molecular formula is C11H11N3O. The van der Waals surface area contributed by atoms with Crippen LogP contribution in [0, 0.1) is 6.92 Å². The normalized spacial score (nSPS) is 10.2. The van der Waals surface area contributed by atoms with Gasteiger partial charge in [-0.25, -0.2) is 4.98 Å². The van der Waals surface area contributed by atoms with Crippen LogP contribution in [-0.2, 0) is 0 Å². The second-order valence-electron chi connectivity index (χ2n) is 3.28. The van der Waals surface area contributed by atoms with Crippen molar-refractivity contribution in [1.82, 2.24) is 9.97 Å². The maximum atomic E-state index is 11.4. The molecule has 1 aromatic carbocycles. The predicted molar refractivity (Wildman–Crippen MR) is 59.4 cm³/mol. The molecule has 0 unspecified atom stereocenters. The number of nitrogens with zero attached hydrogens (tertiary/aromatic N) is 1. The molecule has 2 aromatic rings. The number of benzene rings is 1. The second kappa shape index (κ2) is 3.57. The van der Waals surface area contributed by atoms with Gasteiger partial charge in [-0.05, 0) is 6.92 Å². The highest BCUT2D eigenvalue weighted by Crippen LogP contribution is 2.13. The van der Waals surface area contributed by atoms with Crippen LogP contribution in [0.3, 0.4) is 0 Å². The summed E-state index contributed by atoms with van der Waals surface area (Å²) in [5.41, 5.74) is 6.83. The van der Waals surface area contributed by atoms with Gasteiger partial charge in [0.05, 0.1) is 5.69 Å². The summed E-state index contributed by atoms with van der Waals surface area (Å²) >= 11 is 0. The number of anilines is 1. The van der Waals surface area contributed by atoms with Crippen molar-refractivity contribution in [3.63, 3.8) is 0 Å². The van der Waals surface area contributed by atoms with Gasteiger partial charge in [0, 0.05) is 5.56 Å². The number of nitrogens with one attached hydrogen (secondary N) is 1. The molecule has 4 nitrogen and oxygen atoms in total. The van der Waals surface area contributed by atoms with Gasteiger partial charge in [-0.2, -0.15) is 0 Å². The summed E-state index contributed by atoms with van der Waals surface area (Å²) < 4.78 is 0. The fourth-order valence-corrected chi connectivity index (χ4v) is 1.33. The summed E-state index contributed by atoms with van der Waals surface area (Å²) in [4.78, 5) is 18.3. The lowest BCUT2D eigenvalue weighted by Gasteiger charge is -2.03. The molecule has 0 radical (unpaired) electrons. The molecule has 76 valence electrons. The van der Waals surface area contributed by atoms with Crippen LogP contribution in [0.2, 0.25) is 0 Å². The molecule has 0 fully saturated rings. The molecule has 0 amide bonds. The van der Waals surface area contributed by atoms with Crippen molar-refractivity contribution in [3.05, 3.63) is 46.4 Å². The van der Waals surface area contributed by atoms with Crippen molar-refractivity contribution >= 4 is 5.69 Å². The van der Waals surface area contributed by atoms with Crippen molar-refractivity contribution < 1.29 is 0 Å². The highest BCUT2D eigenvalue weighted by atomic mass is 16.1. The molecule has 1 aromatic heterocycles. The zero-order chi connectivity index (χ0) is 10.8. The molecule has 2 rings (SSSR count). The maximum absolute atomic E-state index is 11.4. The molecular weight excluding hydrogens is 190 g/mol. The summed E-state index contributed by atoms with van der Waals surface area (Å²) in [5, 5.41) is 0. The number of hydrogen-bond acceptors (Lipinski definition) is 3. The first-order valence-corrected chi connectivity index (χ1v) is 4.60. The lowest BCUT2D eigenvalue weighted by atomic mass is 10.2. The number of nitrogens with two attached hydrogens (primary N) is 1. The number of aryl methyl sites for hydroxylation is 1. The van der Waals surface area contributed by atoms with Crippen molar-refractivity contribution in [3.8, 4) is 11.4 Å². The van der Waals surface area contributed by atoms with E-state index in [1.807, 2.05) is 30.3 Å². The first-order valence-electron chi connectivity index (χ1n) is 4.60. The van der Waals surface area contributed by atoms with E-state index in [0.29, 0.717) is 11.5 Å². The van der Waals surface area contributed by atoms with E-state index in [9.17, 15) is 4.79 Å². The number of H-pyrrole nitrogens is 1. The van der Waals surface area contributed by atoms with Gasteiger partial charge in [-0.1, -0.05) is 30.3 Å². The maximum Gasteiger partial charge on any atom is 0.274 e. The standard InChI is InChI=1S/C11H11N3O/c1-7-9(12)11(15)14-10(13-7)8-5-3-2-4-6-8/h2-6H,12H2,1H3,(H,13,14,15). The van der Waals surface area contributed by atoms with Crippen molar-refractivity contribution in [1.29, 1.82) is 0 Å². The lowest BCUT2D eigenvalue weighted by Crippen LogP contribution is -2.16. The average molecular weight is 201 g/mol. The van der Waals surface area contributed by atoms with Crippen LogP contribution in [-0.4, -0.2) is 9.97 Å². The van der Waals surface area contributed by atoms with Gasteiger partial charge in [-0.3, -0.25) is 4.79 Å². The molecule has 0 saturated carbocycles.